The van der Waals surface area contributed by atoms with Gasteiger partial charge in [-0.3, -0.25) is 14.8 Å². The van der Waals surface area contributed by atoms with E-state index in [2.05, 4.69) is 9.97 Å². The molecule has 35 heavy (non-hydrogen) atoms. The lowest BCUT2D eigenvalue weighted by atomic mass is 10.00. The van der Waals surface area contributed by atoms with Crippen molar-refractivity contribution in [3.05, 3.63) is 72.2 Å². The second-order valence-corrected chi connectivity index (χ2v) is 9.88. The standard InChI is InChI=1S/C28H27N3O4/c1-28(2,33)25-13-19(9-11-30-25)22-10-12-29-23-14-24(35-26(22)23)17-3-5-18(6-4-17)27(32)31-20-7-8-21(31)16-34-15-20/h3-6,9-14,20-21,33H,7-8,15-16H2,1-2H3. The van der Waals surface area contributed by atoms with Crippen LogP contribution in [-0.4, -0.2) is 51.2 Å². The number of rotatable bonds is 4. The van der Waals surface area contributed by atoms with Crippen LogP contribution in [-0.2, 0) is 10.3 Å². The number of hydrogen-bond donors (Lipinski definition) is 1. The maximum atomic E-state index is 13.2. The normalized spacial score (nSPS) is 19.9. The minimum atomic E-state index is -1.05. The molecule has 3 aromatic heterocycles. The summed E-state index contributed by atoms with van der Waals surface area (Å²) in [4.78, 5) is 24.0. The van der Waals surface area contributed by atoms with Gasteiger partial charge in [-0.15, -0.1) is 0 Å². The van der Waals surface area contributed by atoms with Crippen molar-refractivity contribution in [2.24, 2.45) is 0 Å². The minimum absolute atomic E-state index is 0.0706. The summed E-state index contributed by atoms with van der Waals surface area (Å²) in [6.45, 7) is 4.68. The van der Waals surface area contributed by atoms with E-state index in [1.54, 1.807) is 26.2 Å². The Balaban J connectivity index is 1.31. The molecule has 2 unspecified atom stereocenters. The largest absolute Gasteiger partial charge is 0.454 e. The summed E-state index contributed by atoms with van der Waals surface area (Å²) in [5.41, 5.74) is 4.28. The van der Waals surface area contributed by atoms with E-state index in [0.717, 1.165) is 35.0 Å². The van der Waals surface area contributed by atoms with Gasteiger partial charge >= 0.3 is 0 Å². The fourth-order valence-electron chi connectivity index (χ4n) is 5.13. The van der Waals surface area contributed by atoms with Crippen molar-refractivity contribution in [2.45, 2.75) is 44.4 Å². The Bertz CT molecular complexity index is 1390. The maximum absolute atomic E-state index is 13.2. The predicted molar refractivity (Wildman–Crippen MR) is 132 cm³/mol. The van der Waals surface area contributed by atoms with Crippen molar-refractivity contribution in [1.29, 1.82) is 0 Å². The summed E-state index contributed by atoms with van der Waals surface area (Å²) in [6.07, 6.45) is 5.46. The van der Waals surface area contributed by atoms with E-state index >= 15 is 0 Å². The maximum Gasteiger partial charge on any atom is 0.254 e. The number of aromatic nitrogens is 2. The van der Waals surface area contributed by atoms with Crippen LogP contribution in [0.2, 0.25) is 0 Å². The van der Waals surface area contributed by atoms with E-state index in [1.165, 1.54) is 0 Å². The quantitative estimate of drug-likeness (QED) is 0.462. The van der Waals surface area contributed by atoms with Gasteiger partial charge in [-0.2, -0.15) is 0 Å². The number of benzene rings is 1. The number of carbonyl (C=O) groups is 1. The van der Waals surface area contributed by atoms with Gasteiger partial charge in [-0.05, 0) is 62.6 Å². The monoisotopic (exact) mass is 469 g/mol. The highest BCUT2D eigenvalue weighted by Gasteiger charge is 2.40. The van der Waals surface area contributed by atoms with E-state index < -0.39 is 5.60 Å². The number of hydrogen-bond acceptors (Lipinski definition) is 6. The Morgan fingerprint density at radius 2 is 1.69 bits per heavy atom. The van der Waals surface area contributed by atoms with Gasteiger partial charge in [0.1, 0.15) is 16.9 Å². The Kier molecular flexibility index (Phi) is 5.20. The molecule has 1 aromatic carbocycles. The fraction of sp³-hybridized carbons (Fsp3) is 0.321. The molecule has 2 saturated heterocycles. The van der Waals surface area contributed by atoms with Crippen LogP contribution in [0.3, 0.4) is 0 Å². The van der Waals surface area contributed by atoms with E-state index in [9.17, 15) is 9.90 Å². The Labute approximate surface area is 203 Å². The fourth-order valence-corrected chi connectivity index (χ4v) is 5.13. The first-order chi connectivity index (χ1) is 16.9. The first-order valence-corrected chi connectivity index (χ1v) is 12.0. The van der Waals surface area contributed by atoms with Crippen molar-refractivity contribution in [1.82, 2.24) is 14.9 Å². The highest BCUT2D eigenvalue weighted by atomic mass is 16.5. The van der Waals surface area contributed by atoms with E-state index in [0.29, 0.717) is 35.8 Å². The third kappa shape index (κ3) is 3.90. The van der Waals surface area contributed by atoms with E-state index in [-0.39, 0.29) is 18.0 Å². The molecular formula is C28H27N3O4. The molecule has 0 saturated carbocycles. The molecule has 6 rings (SSSR count). The first-order valence-electron chi connectivity index (χ1n) is 12.0. The molecule has 7 nitrogen and oxygen atoms in total. The highest BCUT2D eigenvalue weighted by molar-refractivity contribution is 5.96. The summed E-state index contributed by atoms with van der Waals surface area (Å²) in [5.74, 6) is 0.753. The molecule has 2 aliphatic rings. The average Bonchev–Trinajstić information content (AvgIpc) is 3.41. The summed E-state index contributed by atoms with van der Waals surface area (Å²) in [6, 6.07) is 15.5. The molecule has 0 radical (unpaired) electrons. The molecule has 2 bridgehead atoms. The number of aliphatic hydroxyl groups is 1. The van der Waals surface area contributed by atoms with Crippen molar-refractivity contribution in [3.63, 3.8) is 0 Å². The number of amides is 1. The van der Waals surface area contributed by atoms with Crippen LogP contribution < -0.4 is 0 Å². The van der Waals surface area contributed by atoms with Gasteiger partial charge in [0.05, 0.1) is 31.0 Å². The number of pyridine rings is 2. The second-order valence-electron chi connectivity index (χ2n) is 9.88. The molecule has 5 heterocycles. The molecular weight excluding hydrogens is 442 g/mol. The zero-order valence-electron chi connectivity index (χ0n) is 19.8. The van der Waals surface area contributed by atoms with Gasteiger partial charge in [0.2, 0.25) is 0 Å². The third-order valence-corrected chi connectivity index (χ3v) is 7.00. The molecule has 7 heteroatoms. The van der Waals surface area contributed by atoms with Crippen LogP contribution in [0.1, 0.15) is 42.7 Å². The molecule has 178 valence electrons. The van der Waals surface area contributed by atoms with Gasteiger partial charge < -0.3 is 19.2 Å². The van der Waals surface area contributed by atoms with Gasteiger partial charge in [0.25, 0.3) is 5.91 Å². The molecule has 1 amide bonds. The van der Waals surface area contributed by atoms with Crippen LogP contribution in [0.25, 0.3) is 33.6 Å². The predicted octanol–water partition coefficient (Wildman–Crippen LogP) is 4.79. The van der Waals surface area contributed by atoms with Gasteiger partial charge in [0, 0.05) is 35.2 Å². The van der Waals surface area contributed by atoms with Gasteiger partial charge in [-0.1, -0.05) is 12.1 Å². The lowest BCUT2D eigenvalue weighted by Crippen LogP contribution is -2.49. The molecule has 0 spiro atoms. The number of carbonyl (C=O) groups excluding carboxylic acids is 1. The topological polar surface area (TPSA) is 88.7 Å². The lowest BCUT2D eigenvalue weighted by molar-refractivity contribution is -0.00715. The molecule has 2 atom stereocenters. The molecule has 1 N–H and O–H groups in total. The number of morpholine rings is 1. The highest BCUT2D eigenvalue weighted by Crippen LogP contribution is 2.35. The van der Waals surface area contributed by atoms with E-state index in [4.69, 9.17) is 9.15 Å². The van der Waals surface area contributed by atoms with E-state index in [1.807, 2.05) is 53.4 Å². The summed E-state index contributed by atoms with van der Waals surface area (Å²) in [7, 11) is 0. The summed E-state index contributed by atoms with van der Waals surface area (Å²) >= 11 is 0. The van der Waals surface area contributed by atoms with Gasteiger partial charge in [-0.25, -0.2) is 0 Å². The van der Waals surface area contributed by atoms with Crippen LogP contribution in [0.15, 0.2) is 65.3 Å². The van der Waals surface area contributed by atoms with Crippen LogP contribution >= 0.6 is 0 Å². The zero-order chi connectivity index (χ0) is 24.2. The van der Waals surface area contributed by atoms with Crippen molar-refractivity contribution in [3.8, 4) is 22.5 Å². The first kappa shape index (κ1) is 21.9. The van der Waals surface area contributed by atoms with Gasteiger partial charge in [0.15, 0.2) is 5.58 Å². The van der Waals surface area contributed by atoms with Crippen molar-refractivity contribution in [2.75, 3.05) is 13.2 Å². The Hall–Kier alpha value is -3.55. The Morgan fingerprint density at radius 3 is 2.40 bits per heavy atom. The zero-order valence-corrected chi connectivity index (χ0v) is 19.8. The SMILES string of the molecule is CC(C)(O)c1cc(-c2ccnc3cc(-c4ccc(C(=O)N5C6CCC5COC6)cc4)oc23)ccn1. The number of furan rings is 1. The summed E-state index contributed by atoms with van der Waals surface area (Å²) in [5, 5.41) is 10.4. The van der Waals surface area contributed by atoms with Crippen molar-refractivity contribution >= 4 is 17.0 Å². The van der Waals surface area contributed by atoms with Crippen molar-refractivity contribution < 1.29 is 19.1 Å². The molecule has 0 aliphatic carbocycles. The molecule has 2 fully saturated rings. The third-order valence-electron chi connectivity index (χ3n) is 7.00. The lowest BCUT2D eigenvalue weighted by Gasteiger charge is -2.34. The summed E-state index contributed by atoms with van der Waals surface area (Å²) < 4.78 is 11.9. The minimum Gasteiger partial charge on any atom is -0.454 e. The number of ether oxygens (including phenoxy) is 1. The number of nitrogens with zero attached hydrogens (tertiary/aromatic N) is 3. The van der Waals surface area contributed by atoms with Crippen LogP contribution in [0, 0.1) is 0 Å². The smallest absolute Gasteiger partial charge is 0.254 e. The number of fused-ring (bicyclic) bond motifs is 3. The van der Waals surface area contributed by atoms with Crippen LogP contribution in [0.5, 0.6) is 0 Å². The Morgan fingerprint density at radius 1 is 0.971 bits per heavy atom. The molecule has 4 aromatic rings. The molecule has 2 aliphatic heterocycles. The van der Waals surface area contributed by atoms with Crippen LogP contribution in [0.4, 0.5) is 0 Å². The second kappa shape index (κ2) is 8.29. The average molecular weight is 470 g/mol.